The summed E-state index contributed by atoms with van der Waals surface area (Å²) in [6, 6.07) is 10.8. The molecule has 2 fully saturated rings. The molecule has 0 bridgehead atoms. The van der Waals surface area contributed by atoms with Crippen LogP contribution in [0, 0.1) is 17.3 Å². The molecule has 1 unspecified atom stereocenters. The number of carboxylic acid groups (broad SMARTS) is 1. The number of unbranched alkanes of at least 4 members (excludes halogenated alkanes) is 12. The number of allylic oxidation sites excluding steroid dienone is 2. The van der Waals surface area contributed by atoms with Gasteiger partial charge in [-0.25, -0.2) is 0 Å². The summed E-state index contributed by atoms with van der Waals surface area (Å²) in [7, 11) is 1.85. The van der Waals surface area contributed by atoms with E-state index in [0.717, 1.165) is 38.4 Å². The van der Waals surface area contributed by atoms with Gasteiger partial charge in [-0.05, 0) is 101 Å². The van der Waals surface area contributed by atoms with Crippen LogP contribution in [0.2, 0.25) is 0 Å². The number of aliphatic hydroxyl groups excluding tert-OH is 2. The summed E-state index contributed by atoms with van der Waals surface area (Å²) in [5.74, 6) is -0.928. The van der Waals surface area contributed by atoms with Crippen molar-refractivity contribution in [3.63, 3.8) is 0 Å². The van der Waals surface area contributed by atoms with Crippen LogP contribution in [-0.4, -0.2) is 69.2 Å². The van der Waals surface area contributed by atoms with Crippen molar-refractivity contribution < 1.29 is 24.9 Å². The lowest BCUT2D eigenvalue weighted by atomic mass is 9.63. The number of aliphatic carboxylic acids is 1. The molecule has 0 aromatic heterocycles. The first-order chi connectivity index (χ1) is 25.7. The average molecular weight is 757 g/mol. The van der Waals surface area contributed by atoms with E-state index in [1.54, 1.807) is 0 Å². The molecule has 3 N–H and O–H groups in total. The first-order valence-corrected chi connectivity index (χ1v) is 21.9. The number of hydrogen-bond acceptors (Lipinski definition) is 5. The highest BCUT2D eigenvalue weighted by atomic mass is 35.5. The van der Waals surface area contributed by atoms with Gasteiger partial charge in [-0.1, -0.05) is 139 Å². The third kappa shape index (κ3) is 14.9. The lowest BCUT2D eigenvalue weighted by Gasteiger charge is -2.45. The highest BCUT2D eigenvalue weighted by molar-refractivity contribution is 6.21. The van der Waals surface area contributed by atoms with Crippen molar-refractivity contribution >= 4 is 23.9 Å². The number of aliphatic hydroxyl groups is 2. The van der Waals surface area contributed by atoms with E-state index in [1.165, 1.54) is 89.0 Å². The predicted molar refractivity (Wildman–Crippen MR) is 220 cm³/mol. The molecule has 6 nitrogen and oxygen atoms in total. The molecule has 0 spiro atoms. The molecule has 0 aliphatic heterocycles. The zero-order valence-electron chi connectivity index (χ0n) is 33.3. The second kappa shape index (κ2) is 25.2. The number of carboxylic acids is 1. The van der Waals surface area contributed by atoms with Crippen LogP contribution >= 0.6 is 11.6 Å². The Balaban J connectivity index is 1.29. The van der Waals surface area contributed by atoms with Crippen LogP contribution in [0.1, 0.15) is 160 Å². The van der Waals surface area contributed by atoms with Crippen LogP contribution in [0.15, 0.2) is 54.6 Å². The van der Waals surface area contributed by atoms with Gasteiger partial charge in [0, 0.05) is 17.7 Å². The van der Waals surface area contributed by atoms with Crippen LogP contribution in [0.25, 0.3) is 0 Å². The molecule has 2 saturated carbocycles. The number of nitrogens with zero attached hydrogens (tertiary/aromatic N) is 1. The molecule has 6 atom stereocenters. The van der Waals surface area contributed by atoms with Gasteiger partial charge >= 0.3 is 5.97 Å². The number of halogens is 1. The van der Waals surface area contributed by atoms with E-state index >= 15 is 0 Å². The van der Waals surface area contributed by atoms with Crippen molar-refractivity contribution in [2.75, 3.05) is 13.6 Å². The van der Waals surface area contributed by atoms with E-state index in [-0.39, 0.29) is 35.2 Å². The number of aldehydes is 1. The molecule has 2 aliphatic carbocycles. The number of rotatable bonds is 30. The second-order valence-electron chi connectivity index (χ2n) is 16.5. The van der Waals surface area contributed by atoms with Gasteiger partial charge in [0.2, 0.25) is 0 Å². The molecular formula is C46H74ClNO5. The van der Waals surface area contributed by atoms with Gasteiger partial charge in [0.1, 0.15) is 11.8 Å². The molecule has 1 aromatic carbocycles. The summed E-state index contributed by atoms with van der Waals surface area (Å²) in [5, 5.41) is 31.7. The van der Waals surface area contributed by atoms with E-state index < -0.39 is 17.6 Å². The fraction of sp³-hybridized carbons (Fsp3) is 0.739. The van der Waals surface area contributed by atoms with Crippen molar-refractivity contribution in [3.05, 3.63) is 60.2 Å². The maximum Gasteiger partial charge on any atom is 0.324 e. The average Bonchev–Trinajstić information content (AvgIpc) is 3.39. The van der Waals surface area contributed by atoms with E-state index in [2.05, 4.69) is 49.4 Å². The topological polar surface area (TPSA) is 98.1 Å². The van der Waals surface area contributed by atoms with Gasteiger partial charge in [0.05, 0.1) is 12.2 Å². The van der Waals surface area contributed by atoms with Gasteiger partial charge < -0.3 is 20.1 Å². The Labute approximate surface area is 327 Å². The molecular weight excluding hydrogens is 682 g/mol. The highest BCUT2D eigenvalue weighted by Crippen LogP contribution is 2.48. The van der Waals surface area contributed by atoms with Crippen molar-refractivity contribution in [2.45, 2.75) is 184 Å². The number of benzene rings is 1. The maximum absolute atomic E-state index is 12.6. The number of carbonyl (C=O) groups excluding carboxylic acids is 1. The van der Waals surface area contributed by atoms with E-state index in [9.17, 15) is 24.9 Å². The van der Waals surface area contributed by atoms with Gasteiger partial charge in [-0.15, -0.1) is 11.6 Å². The summed E-state index contributed by atoms with van der Waals surface area (Å²) in [5.41, 5.74) is 0.297. The Morgan fingerprint density at radius 3 is 2.09 bits per heavy atom. The summed E-state index contributed by atoms with van der Waals surface area (Å²) in [6.45, 7) is 2.82. The maximum atomic E-state index is 12.6. The van der Waals surface area contributed by atoms with Gasteiger partial charge in [-0.2, -0.15) is 0 Å². The summed E-state index contributed by atoms with van der Waals surface area (Å²) < 4.78 is 0. The summed E-state index contributed by atoms with van der Waals surface area (Å²) in [4.78, 5) is 26.2. The number of carbonyl (C=O) groups is 2. The smallest absolute Gasteiger partial charge is 0.324 e. The Bertz CT molecular complexity index is 1200. The fourth-order valence-electron chi connectivity index (χ4n) is 8.95. The van der Waals surface area contributed by atoms with Crippen LogP contribution in [-0.2, 0) is 16.0 Å². The fourth-order valence-corrected chi connectivity index (χ4v) is 9.40. The second-order valence-corrected chi connectivity index (χ2v) is 17.1. The van der Waals surface area contributed by atoms with Gasteiger partial charge in [-0.3, -0.25) is 9.69 Å². The molecule has 0 heterocycles. The number of aryl methyl sites for hydroxylation is 1. The first-order valence-electron chi connectivity index (χ1n) is 21.4. The van der Waals surface area contributed by atoms with Crippen LogP contribution < -0.4 is 0 Å². The molecule has 0 saturated heterocycles. The lowest BCUT2D eigenvalue weighted by molar-refractivity contribution is -0.153. The SMILES string of the molecule is CCC1([C@@H](O)CC=C[C@@H]2[C@@H](CC=CCCC(CC=O)(C(=O)O)N(C)CCCCCCCCCCCCCCCc3ccccc3)[C@H](Cl)C[C@H]2O)CCC1. The molecule has 300 valence electrons. The number of hydrogen-bond donors (Lipinski definition) is 3. The highest BCUT2D eigenvalue weighted by Gasteiger charge is 2.43. The summed E-state index contributed by atoms with van der Waals surface area (Å²) >= 11 is 6.69. The van der Waals surface area contributed by atoms with E-state index in [1.807, 2.05) is 24.1 Å². The molecule has 0 radical (unpaired) electrons. The third-order valence-corrected chi connectivity index (χ3v) is 13.5. The Hall–Kier alpha value is -1.99. The quantitative estimate of drug-likeness (QED) is 0.0313. The first kappa shape index (κ1) is 45.4. The third-order valence-electron chi connectivity index (χ3n) is 13.0. The molecule has 0 amide bonds. The largest absolute Gasteiger partial charge is 0.480 e. The Morgan fingerprint density at radius 2 is 1.55 bits per heavy atom. The molecule has 3 rings (SSSR count). The number of alkyl halides is 1. The standard InChI is InChI=1S/C46H74ClNO5/c1-3-45(31-24-32-45)43(51)30-23-29-40-39(41(47)37-42(40)50)28-20-16-21-33-46(34-36-49,44(52)53)48(2)35-22-14-12-10-8-6-4-5-7-9-11-13-17-25-38-26-18-15-19-27-38/h15-16,18-20,23,26-27,29,36,39-43,50-51H,3-14,17,21-22,24-25,28,30-35,37H2,1-2H3,(H,52,53)/t39-,40-,41-,42-,43+,46?/m1/s1. The monoisotopic (exact) mass is 756 g/mol. The number of likely N-dealkylation sites (N-methyl/N-ethyl adjacent to an activating group) is 1. The van der Waals surface area contributed by atoms with Crippen LogP contribution in [0.5, 0.6) is 0 Å². The minimum Gasteiger partial charge on any atom is -0.480 e. The van der Waals surface area contributed by atoms with E-state index in [0.29, 0.717) is 38.6 Å². The Kier molecular flexibility index (Phi) is 21.6. The zero-order valence-corrected chi connectivity index (χ0v) is 34.1. The molecule has 1 aromatic rings. The van der Waals surface area contributed by atoms with Crippen LogP contribution in [0.4, 0.5) is 0 Å². The normalized spacial score (nSPS) is 23.1. The summed E-state index contributed by atoms with van der Waals surface area (Å²) in [6.07, 6.45) is 32.7. The lowest BCUT2D eigenvalue weighted by Crippen LogP contribution is -2.53. The van der Waals surface area contributed by atoms with E-state index in [4.69, 9.17) is 11.6 Å². The minimum atomic E-state index is -1.21. The van der Waals surface area contributed by atoms with Crippen molar-refractivity contribution in [1.29, 1.82) is 0 Å². The zero-order chi connectivity index (χ0) is 38.4. The minimum absolute atomic E-state index is 0.0308. The van der Waals surface area contributed by atoms with Crippen molar-refractivity contribution in [3.8, 4) is 0 Å². The molecule has 2 aliphatic rings. The molecule has 53 heavy (non-hydrogen) atoms. The van der Waals surface area contributed by atoms with Gasteiger partial charge in [0.25, 0.3) is 0 Å². The van der Waals surface area contributed by atoms with Crippen molar-refractivity contribution in [2.24, 2.45) is 17.3 Å². The van der Waals surface area contributed by atoms with Crippen LogP contribution in [0.3, 0.4) is 0 Å². The molecule has 7 heteroatoms. The van der Waals surface area contributed by atoms with Crippen molar-refractivity contribution in [1.82, 2.24) is 4.90 Å². The predicted octanol–water partition coefficient (Wildman–Crippen LogP) is 10.9. The van der Waals surface area contributed by atoms with Gasteiger partial charge in [0.15, 0.2) is 0 Å². The Morgan fingerprint density at radius 1 is 0.943 bits per heavy atom.